The maximum absolute atomic E-state index is 12.5. The van der Waals surface area contributed by atoms with Gasteiger partial charge in [-0.3, -0.25) is 0 Å². The van der Waals surface area contributed by atoms with E-state index in [0.29, 0.717) is 12.0 Å². The van der Waals surface area contributed by atoms with Crippen LogP contribution in [0.5, 0.6) is 0 Å². The lowest BCUT2D eigenvalue weighted by molar-refractivity contribution is 0.394. The van der Waals surface area contributed by atoms with Crippen molar-refractivity contribution in [2.45, 2.75) is 23.2 Å². The van der Waals surface area contributed by atoms with E-state index in [1.54, 1.807) is 6.07 Å². The number of halogens is 2. The van der Waals surface area contributed by atoms with Crippen molar-refractivity contribution in [2.75, 3.05) is 18.6 Å². The lowest BCUT2D eigenvalue weighted by atomic mass is 10.2. The van der Waals surface area contributed by atoms with Gasteiger partial charge in [-0.05, 0) is 24.1 Å². The van der Waals surface area contributed by atoms with Crippen LogP contribution in [0.2, 0.25) is 5.02 Å². The number of benzene rings is 1. The predicted molar refractivity (Wildman–Crippen MR) is 83.0 cm³/mol. The van der Waals surface area contributed by atoms with Gasteiger partial charge in [0.25, 0.3) is 0 Å². The van der Waals surface area contributed by atoms with E-state index in [4.69, 9.17) is 23.2 Å². The average Bonchev–Trinajstić information content (AvgIpc) is 2.77. The summed E-state index contributed by atoms with van der Waals surface area (Å²) in [4.78, 5) is 0.0353. The highest BCUT2D eigenvalue weighted by atomic mass is 35.5. The van der Waals surface area contributed by atoms with Gasteiger partial charge in [-0.25, -0.2) is 16.8 Å². The number of hydrogen-bond acceptors (Lipinski definition) is 4. The third kappa shape index (κ3) is 3.53. The molecule has 5 nitrogen and oxygen atoms in total. The molecule has 1 aromatic carbocycles. The summed E-state index contributed by atoms with van der Waals surface area (Å²) >= 11 is 11.7. The van der Waals surface area contributed by atoms with E-state index in [9.17, 15) is 16.8 Å². The molecule has 2 rings (SSSR count). The molecule has 1 aromatic rings. The van der Waals surface area contributed by atoms with Crippen molar-refractivity contribution in [3.63, 3.8) is 0 Å². The molecule has 0 saturated carbocycles. The Hall–Kier alpha value is -0.340. The Balaban J connectivity index is 2.31. The van der Waals surface area contributed by atoms with Gasteiger partial charge in [0.2, 0.25) is 10.0 Å². The highest BCUT2D eigenvalue weighted by Crippen LogP contribution is 2.27. The van der Waals surface area contributed by atoms with Crippen molar-refractivity contribution in [3.05, 3.63) is 28.8 Å². The first-order valence-electron chi connectivity index (χ1n) is 6.20. The number of hydrogen-bond donors (Lipinski definition) is 0. The SMILES string of the molecule is CN(C1CCS(=O)(=O)C1)S(=O)(=O)c1ccc(CCl)c(Cl)c1. The Morgan fingerprint density at radius 3 is 2.52 bits per heavy atom. The molecular formula is C12H15Cl2NO4S2. The van der Waals surface area contributed by atoms with Gasteiger partial charge in [-0.1, -0.05) is 17.7 Å². The highest BCUT2D eigenvalue weighted by molar-refractivity contribution is 7.92. The summed E-state index contributed by atoms with van der Waals surface area (Å²) in [6.07, 6.45) is 0.311. The van der Waals surface area contributed by atoms with Crippen LogP contribution in [0, 0.1) is 0 Å². The maximum atomic E-state index is 12.5. The van der Waals surface area contributed by atoms with E-state index >= 15 is 0 Å². The van der Waals surface area contributed by atoms with Crippen LogP contribution in [-0.2, 0) is 25.7 Å². The Morgan fingerprint density at radius 2 is 2.05 bits per heavy atom. The average molecular weight is 372 g/mol. The van der Waals surface area contributed by atoms with E-state index in [2.05, 4.69) is 0 Å². The third-order valence-electron chi connectivity index (χ3n) is 3.57. The van der Waals surface area contributed by atoms with E-state index in [1.807, 2.05) is 0 Å². The van der Waals surface area contributed by atoms with Crippen molar-refractivity contribution >= 4 is 43.1 Å². The van der Waals surface area contributed by atoms with Crippen LogP contribution in [0.1, 0.15) is 12.0 Å². The summed E-state index contributed by atoms with van der Waals surface area (Å²) in [6, 6.07) is 3.79. The molecule has 1 unspecified atom stereocenters. The zero-order valence-electron chi connectivity index (χ0n) is 11.3. The summed E-state index contributed by atoms with van der Waals surface area (Å²) in [6.45, 7) is 0. The molecule has 1 saturated heterocycles. The molecule has 0 N–H and O–H groups in total. The first-order valence-corrected chi connectivity index (χ1v) is 10.4. The van der Waals surface area contributed by atoms with Crippen molar-refractivity contribution in [1.82, 2.24) is 4.31 Å². The minimum absolute atomic E-state index is 0.0173. The fourth-order valence-corrected chi connectivity index (χ4v) is 6.12. The molecule has 1 aliphatic rings. The van der Waals surface area contributed by atoms with Crippen LogP contribution in [0.15, 0.2) is 23.1 Å². The second-order valence-electron chi connectivity index (χ2n) is 4.96. The summed E-state index contributed by atoms with van der Waals surface area (Å²) in [5.41, 5.74) is 0.642. The maximum Gasteiger partial charge on any atom is 0.243 e. The topological polar surface area (TPSA) is 71.5 Å². The predicted octanol–water partition coefficient (Wildman–Crippen LogP) is 1.89. The van der Waals surface area contributed by atoms with Gasteiger partial charge in [-0.15, -0.1) is 11.6 Å². The van der Waals surface area contributed by atoms with Gasteiger partial charge in [-0.2, -0.15) is 4.31 Å². The van der Waals surface area contributed by atoms with Gasteiger partial charge >= 0.3 is 0 Å². The van der Waals surface area contributed by atoms with E-state index < -0.39 is 25.9 Å². The van der Waals surface area contributed by atoms with Gasteiger partial charge < -0.3 is 0 Å². The molecule has 0 aromatic heterocycles. The van der Waals surface area contributed by atoms with Gasteiger partial charge in [0.05, 0.1) is 16.4 Å². The summed E-state index contributed by atoms with van der Waals surface area (Å²) in [5, 5.41) is 0.276. The molecule has 1 fully saturated rings. The quantitative estimate of drug-likeness (QED) is 0.757. The standard InChI is InChI=1S/C12H15Cl2NO4S2/c1-15(10-4-5-20(16,17)8-10)21(18,19)11-3-2-9(7-13)12(14)6-11/h2-3,6,10H,4-5,7-8H2,1H3. The third-order valence-corrected chi connectivity index (χ3v) is 7.86. The van der Waals surface area contributed by atoms with E-state index in [0.717, 1.165) is 4.31 Å². The fourth-order valence-electron chi connectivity index (χ4n) is 2.22. The normalized spacial score (nSPS) is 21.8. The molecule has 1 heterocycles. The minimum Gasteiger partial charge on any atom is -0.229 e. The molecule has 0 amide bonds. The number of sulfone groups is 1. The molecule has 118 valence electrons. The Morgan fingerprint density at radius 1 is 1.38 bits per heavy atom. The lowest BCUT2D eigenvalue weighted by Gasteiger charge is -2.23. The monoisotopic (exact) mass is 371 g/mol. The molecule has 0 spiro atoms. The van der Waals surface area contributed by atoms with Gasteiger partial charge in [0.15, 0.2) is 9.84 Å². The van der Waals surface area contributed by atoms with Crippen molar-refractivity contribution < 1.29 is 16.8 Å². The Kier molecular flexibility index (Phi) is 4.90. The van der Waals surface area contributed by atoms with E-state index in [1.165, 1.54) is 19.2 Å². The molecule has 1 aliphatic heterocycles. The Labute approximate surface area is 134 Å². The van der Waals surface area contributed by atoms with Crippen LogP contribution < -0.4 is 0 Å². The van der Waals surface area contributed by atoms with Gasteiger partial charge in [0.1, 0.15) is 0 Å². The zero-order chi connectivity index (χ0) is 15.8. The molecule has 21 heavy (non-hydrogen) atoms. The number of nitrogens with zero attached hydrogens (tertiary/aromatic N) is 1. The summed E-state index contributed by atoms with van der Waals surface area (Å²) in [5.74, 6) is 0.0650. The molecule has 0 radical (unpaired) electrons. The van der Waals surface area contributed by atoms with Crippen LogP contribution >= 0.6 is 23.2 Å². The van der Waals surface area contributed by atoms with Crippen LogP contribution in [0.25, 0.3) is 0 Å². The van der Waals surface area contributed by atoms with Gasteiger partial charge in [0, 0.05) is 24.0 Å². The minimum atomic E-state index is -3.78. The van der Waals surface area contributed by atoms with E-state index in [-0.39, 0.29) is 27.3 Å². The summed E-state index contributed by atoms with van der Waals surface area (Å²) in [7, 11) is -5.54. The largest absolute Gasteiger partial charge is 0.243 e. The first-order chi connectivity index (χ1) is 9.67. The van der Waals surface area contributed by atoms with Crippen LogP contribution in [0.3, 0.4) is 0 Å². The highest BCUT2D eigenvalue weighted by Gasteiger charge is 2.36. The fraction of sp³-hybridized carbons (Fsp3) is 0.500. The lowest BCUT2D eigenvalue weighted by Crippen LogP contribution is -2.37. The summed E-state index contributed by atoms with van der Waals surface area (Å²) < 4.78 is 49.1. The molecule has 9 heteroatoms. The molecule has 1 atom stereocenters. The first kappa shape index (κ1) is 17.0. The van der Waals surface area contributed by atoms with Crippen molar-refractivity contribution in [1.29, 1.82) is 0 Å². The smallest absolute Gasteiger partial charge is 0.229 e. The zero-order valence-corrected chi connectivity index (χ0v) is 14.4. The Bertz CT molecular complexity index is 747. The molecular weight excluding hydrogens is 357 g/mol. The molecule has 0 aliphatic carbocycles. The van der Waals surface area contributed by atoms with Crippen LogP contribution in [0.4, 0.5) is 0 Å². The number of sulfonamides is 1. The second-order valence-corrected chi connectivity index (χ2v) is 9.87. The molecule has 0 bridgehead atoms. The number of alkyl halides is 1. The van der Waals surface area contributed by atoms with Crippen molar-refractivity contribution in [3.8, 4) is 0 Å². The number of rotatable bonds is 4. The van der Waals surface area contributed by atoms with Crippen LogP contribution in [-0.4, -0.2) is 45.7 Å². The second kappa shape index (κ2) is 6.04. The van der Waals surface area contributed by atoms with Crippen molar-refractivity contribution in [2.24, 2.45) is 0 Å².